The highest BCUT2D eigenvalue weighted by atomic mass is 16.4. The van der Waals surface area contributed by atoms with Crippen molar-refractivity contribution >= 4 is 11.8 Å². The van der Waals surface area contributed by atoms with Crippen molar-refractivity contribution in [1.29, 1.82) is 0 Å². The molecule has 1 aromatic rings. The lowest BCUT2D eigenvalue weighted by Crippen LogP contribution is -2.44. The topological polar surface area (TPSA) is 75.1 Å². The molecule has 1 fully saturated rings. The van der Waals surface area contributed by atoms with Crippen molar-refractivity contribution < 1.29 is 9.90 Å². The molecule has 1 aliphatic carbocycles. The summed E-state index contributed by atoms with van der Waals surface area (Å²) in [6.07, 6.45) is 4.58. The minimum Gasteiger partial charge on any atom is -0.476 e. The summed E-state index contributed by atoms with van der Waals surface area (Å²) in [5.74, 6) is -0.389. The van der Waals surface area contributed by atoms with Crippen LogP contribution in [0.1, 0.15) is 43.1 Å². The molecule has 0 aromatic carbocycles. The highest BCUT2D eigenvalue weighted by molar-refractivity contribution is 5.85. The van der Waals surface area contributed by atoms with Crippen molar-refractivity contribution in [3.63, 3.8) is 0 Å². The molecule has 16 heavy (non-hydrogen) atoms. The summed E-state index contributed by atoms with van der Waals surface area (Å²) in [5, 5.41) is 19.5. The smallest absolute Gasteiger partial charge is 0.356 e. The van der Waals surface area contributed by atoms with Crippen molar-refractivity contribution in [3.8, 4) is 0 Å². The van der Waals surface area contributed by atoms with Gasteiger partial charge in [-0.3, -0.25) is 0 Å². The number of anilines is 1. The van der Waals surface area contributed by atoms with Gasteiger partial charge in [0, 0.05) is 5.54 Å². The van der Waals surface area contributed by atoms with Crippen LogP contribution in [0.4, 0.5) is 5.82 Å². The zero-order valence-electron chi connectivity index (χ0n) is 9.23. The normalized spacial score (nSPS) is 17.6. The van der Waals surface area contributed by atoms with Gasteiger partial charge in [-0.1, -0.05) is 6.92 Å². The van der Waals surface area contributed by atoms with E-state index in [4.69, 9.17) is 5.11 Å². The van der Waals surface area contributed by atoms with Gasteiger partial charge >= 0.3 is 5.97 Å². The van der Waals surface area contributed by atoms with Crippen molar-refractivity contribution in [1.82, 2.24) is 10.2 Å². The molecule has 1 aliphatic rings. The summed E-state index contributed by atoms with van der Waals surface area (Å²) < 4.78 is 0. The Labute approximate surface area is 93.9 Å². The highest BCUT2D eigenvalue weighted by Crippen LogP contribution is 2.37. The zero-order chi connectivity index (χ0) is 11.6. The molecule has 2 rings (SSSR count). The van der Waals surface area contributed by atoms with Crippen LogP contribution in [0.3, 0.4) is 0 Å². The predicted octanol–water partition coefficient (Wildman–Crippen LogP) is 1.92. The monoisotopic (exact) mass is 221 g/mol. The summed E-state index contributed by atoms with van der Waals surface area (Å²) in [6.45, 7) is 2.14. The number of nitrogens with one attached hydrogen (secondary N) is 1. The van der Waals surface area contributed by atoms with E-state index in [1.54, 1.807) is 6.07 Å². The van der Waals surface area contributed by atoms with Crippen LogP contribution in [-0.4, -0.2) is 26.8 Å². The van der Waals surface area contributed by atoms with Gasteiger partial charge in [0.05, 0.1) is 0 Å². The maximum absolute atomic E-state index is 10.6. The Morgan fingerprint density at radius 1 is 1.50 bits per heavy atom. The number of aromatic carboxylic acids is 1. The lowest BCUT2D eigenvalue weighted by molar-refractivity contribution is 0.0689. The second-order valence-corrected chi connectivity index (χ2v) is 4.22. The molecule has 0 atom stereocenters. The minimum absolute atomic E-state index is 0.0234. The second-order valence-electron chi connectivity index (χ2n) is 4.22. The third-order valence-electron chi connectivity index (χ3n) is 3.26. The van der Waals surface area contributed by atoms with E-state index in [2.05, 4.69) is 22.4 Å². The third-order valence-corrected chi connectivity index (χ3v) is 3.26. The molecule has 0 spiro atoms. The fraction of sp³-hybridized carbons (Fsp3) is 0.545. The molecule has 86 valence electrons. The molecule has 1 heterocycles. The molecule has 5 heteroatoms. The number of nitrogens with zero attached hydrogens (tertiary/aromatic N) is 2. The fourth-order valence-electron chi connectivity index (χ4n) is 1.96. The molecule has 1 saturated carbocycles. The SMILES string of the molecule is CCC1(Nc2ccc(C(=O)O)nn2)CCC1. The van der Waals surface area contributed by atoms with Gasteiger partial charge in [-0.2, -0.15) is 0 Å². The first-order valence-electron chi connectivity index (χ1n) is 5.50. The van der Waals surface area contributed by atoms with Crippen LogP contribution in [0.5, 0.6) is 0 Å². The van der Waals surface area contributed by atoms with Crippen LogP contribution >= 0.6 is 0 Å². The number of carboxylic acid groups (broad SMARTS) is 1. The quantitative estimate of drug-likeness (QED) is 0.812. The van der Waals surface area contributed by atoms with E-state index in [0.717, 1.165) is 19.3 Å². The minimum atomic E-state index is -1.05. The van der Waals surface area contributed by atoms with E-state index < -0.39 is 5.97 Å². The van der Waals surface area contributed by atoms with E-state index >= 15 is 0 Å². The van der Waals surface area contributed by atoms with E-state index in [1.165, 1.54) is 12.5 Å². The maximum Gasteiger partial charge on any atom is 0.356 e. The van der Waals surface area contributed by atoms with E-state index in [0.29, 0.717) is 5.82 Å². The molecule has 0 bridgehead atoms. The largest absolute Gasteiger partial charge is 0.476 e. The van der Waals surface area contributed by atoms with Gasteiger partial charge in [0.25, 0.3) is 0 Å². The molecule has 0 radical (unpaired) electrons. The second kappa shape index (κ2) is 4.08. The first-order chi connectivity index (χ1) is 7.65. The van der Waals surface area contributed by atoms with Gasteiger partial charge in [-0.25, -0.2) is 4.79 Å². The molecule has 0 aliphatic heterocycles. The Balaban J connectivity index is 2.07. The Morgan fingerprint density at radius 3 is 2.62 bits per heavy atom. The summed E-state index contributed by atoms with van der Waals surface area (Å²) >= 11 is 0. The summed E-state index contributed by atoms with van der Waals surface area (Å²) in [6, 6.07) is 3.14. The van der Waals surface area contributed by atoms with Crippen LogP contribution < -0.4 is 5.32 Å². The van der Waals surface area contributed by atoms with Crippen molar-refractivity contribution in [2.24, 2.45) is 0 Å². The van der Waals surface area contributed by atoms with E-state index in [1.807, 2.05) is 0 Å². The fourth-order valence-corrected chi connectivity index (χ4v) is 1.96. The molecule has 0 saturated heterocycles. The van der Waals surface area contributed by atoms with Gasteiger partial charge in [0.2, 0.25) is 0 Å². The molecular formula is C11H15N3O2. The van der Waals surface area contributed by atoms with E-state index in [9.17, 15) is 4.79 Å². The zero-order valence-corrected chi connectivity index (χ0v) is 9.23. The maximum atomic E-state index is 10.6. The number of rotatable bonds is 4. The Hall–Kier alpha value is -1.65. The van der Waals surface area contributed by atoms with Crippen LogP contribution in [0.25, 0.3) is 0 Å². The molecule has 1 aromatic heterocycles. The first kappa shape index (κ1) is 10.9. The van der Waals surface area contributed by atoms with Crippen molar-refractivity contribution in [2.45, 2.75) is 38.1 Å². The third kappa shape index (κ3) is 1.98. The summed E-state index contributed by atoms with van der Waals surface area (Å²) in [7, 11) is 0. The summed E-state index contributed by atoms with van der Waals surface area (Å²) in [5.41, 5.74) is 0.129. The van der Waals surface area contributed by atoms with Gasteiger partial charge < -0.3 is 10.4 Å². The standard InChI is InChI=1S/C11H15N3O2/c1-2-11(6-3-7-11)12-9-5-4-8(10(15)16)13-14-9/h4-5H,2-3,6-7H2,1H3,(H,12,14)(H,15,16). The number of hydrogen-bond acceptors (Lipinski definition) is 4. The lowest BCUT2D eigenvalue weighted by Gasteiger charge is -2.42. The number of aromatic nitrogens is 2. The molecule has 0 amide bonds. The lowest BCUT2D eigenvalue weighted by atomic mass is 9.75. The Bertz CT molecular complexity index is 379. The average molecular weight is 221 g/mol. The van der Waals surface area contributed by atoms with Crippen molar-refractivity contribution in [2.75, 3.05) is 5.32 Å². The van der Waals surface area contributed by atoms with E-state index in [-0.39, 0.29) is 11.2 Å². The first-order valence-corrected chi connectivity index (χ1v) is 5.50. The summed E-state index contributed by atoms with van der Waals surface area (Å²) in [4.78, 5) is 10.6. The molecule has 2 N–H and O–H groups in total. The van der Waals surface area contributed by atoms with Crippen molar-refractivity contribution in [3.05, 3.63) is 17.8 Å². The molecular weight excluding hydrogens is 206 g/mol. The van der Waals surface area contributed by atoms with Gasteiger partial charge in [-0.05, 0) is 37.8 Å². The number of carboxylic acids is 1. The van der Waals surface area contributed by atoms with Gasteiger partial charge in [0.1, 0.15) is 5.82 Å². The van der Waals surface area contributed by atoms with Crippen LogP contribution in [0, 0.1) is 0 Å². The molecule has 0 unspecified atom stereocenters. The number of carbonyl (C=O) groups is 1. The average Bonchev–Trinajstić information content (AvgIpc) is 2.24. The predicted molar refractivity (Wildman–Crippen MR) is 59.5 cm³/mol. The van der Waals surface area contributed by atoms with Gasteiger partial charge in [-0.15, -0.1) is 10.2 Å². The van der Waals surface area contributed by atoms with Gasteiger partial charge in [0.15, 0.2) is 5.69 Å². The Kier molecular flexibility index (Phi) is 2.77. The van der Waals surface area contributed by atoms with Crippen LogP contribution in [0.2, 0.25) is 0 Å². The Morgan fingerprint density at radius 2 is 2.25 bits per heavy atom. The number of hydrogen-bond donors (Lipinski definition) is 2. The molecule has 5 nitrogen and oxygen atoms in total. The highest BCUT2D eigenvalue weighted by Gasteiger charge is 2.35. The van der Waals surface area contributed by atoms with Crippen LogP contribution in [-0.2, 0) is 0 Å². The van der Waals surface area contributed by atoms with Crippen LogP contribution in [0.15, 0.2) is 12.1 Å².